The Balaban J connectivity index is 0.00000585. The zero-order chi connectivity index (χ0) is 41.4. The molecule has 7 rings (SSSR count). The molecule has 0 radical (unpaired) electrons. The summed E-state index contributed by atoms with van der Waals surface area (Å²) in [7, 11) is 0. The maximum Gasteiger partial charge on any atom is 0.135 e. The largest absolute Gasteiger partial charge is 0.509 e. The second kappa shape index (κ2) is 17.2. The van der Waals surface area contributed by atoms with Crippen molar-refractivity contribution in [3.63, 3.8) is 0 Å². The van der Waals surface area contributed by atoms with Gasteiger partial charge >= 0.3 is 0 Å². The fraction of sp³-hybridized carbons (Fsp3) is 0.283. The predicted molar refractivity (Wildman–Crippen MR) is 243 cm³/mol. The number of hydrogen-bond donors (Lipinski definition) is 0. The van der Waals surface area contributed by atoms with E-state index in [0.29, 0.717) is 11.5 Å². The van der Waals surface area contributed by atoms with E-state index in [1.165, 1.54) is 28.2 Å². The third-order valence-electron chi connectivity index (χ3n) is 10.5. The zero-order valence-corrected chi connectivity index (χ0v) is 38.6. The van der Waals surface area contributed by atoms with Crippen molar-refractivity contribution in [2.45, 2.75) is 87.0 Å². The van der Waals surface area contributed by atoms with Gasteiger partial charge in [0.1, 0.15) is 5.82 Å². The summed E-state index contributed by atoms with van der Waals surface area (Å²) >= 11 is 0. The Morgan fingerprint density at radius 1 is 0.610 bits per heavy atom. The third-order valence-corrected chi connectivity index (χ3v) is 10.5. The van der Waals surface area contributed by atoms with Gasteiger partial charge in [0.15, 0.2) is 0 Å². The summed E-state index contributed by atoms with van der Waals surface area (Å²) in [6.45, 7) is 27.6. The Morgan fingerprint density at radius 3 is 1.81 bits per heavy atom. The second-order valence-corrected chi connectivity index (χ2v) is 18.6. The summed E-state index contributed by atoms with van der Waals surface area (Å²) in [6, 6.07) is 51.4. The number of allylic oxidation sites excluding steroid dienone is 2. The van der Waals surface area contributed by atoms with Gasteiger partial charge in [-0.15, -0.1) is 54.3 Å². The van der Waals surface area contributed by atoms with E-state index in [-0.39, 0.29) is 43.2 Å². The van der Waals surface area contributed by atoms with Crippen LogP contribution in [-0.4, -0.2) is 4.98 Å². The van der Waals surface area contributed by atoms with E-state index in [1.807, 2.05) is 60.8 Å². The van der Waals surface area contributed by atoms with Gasteiger partial charge in [-0.2, -0.15) is 6.07 Å². The number of ether oxygens (including phenoxy) is 1. The van der Waals surface area contributed by atoms with E-state index in [0.717, 1.165) is 34.0 Å². The average Bonchev–Trinajstić information content (AvgIpc) is 3.61. The number of rotatable bonds is 9. The van der Waals surface area contributed by atoms with Crippen molar-refractivity contribution in [2.24, 2.45) is 11.3 Å². The summed E-state index contributed by atoms with van der Waals surface area (Å²) < 4.78 is 6.78. The molecule has 0 bridgehead atoms. The molecular formula is C53H57N4OPt-3. The van der Waals surface area contributed by atoms with E-state index in [9.17, 15) is 0 Å². The molecule has 0 aliphatic carbocycles. The summed E-state index contributed by atoms with van der Waals surface area (Å²) in [5.74, 6) is 2.19. The molecule has 6 heteroatoms. The summed E-state index contributed by atoms with van der Waals surface area (Å²) in [4.78, 5) is 11.5. The summed E-state index contributed by atoms with van der Waals surface area (Å²) in [5, 5.41) is 0. The Hall–Kier alpha value is -5.12. The van der Waals surface area contributed by atoms with Gasteiger partial charge in [-0.3, -0.25) is 0 Å². The smallest absolute Gasteiger partial charge is 0.135 e. The van der Waals surface area contributed by atoms with Crippen molar-refractivity contribution in [3.05, 3.63) is 175 Å². The first-order valence-corrected chi connectivity index (χ1v) is 20.4. The second-order valence-electron chi connectivity index (χ2n) is 18.6. The summed E-state index contributed by atoms with van der Waals surface area (Å²) in [5.41, 5.74) is 10.9. The minimum Gasteiger partial charge on any atom is -0.509 e. The number of aromatic nitrogens is 1. The van der Waals surface area contributed by atoms with Gasteiger partial charge in [-0.05, 0) is 69.8 Å². The molecule has 0 spiro atoms. The Bertz CT molecular complexity index is 2320. The van der Waals surface area contributed by atoms with Crippen LogP contribution in [0.25, 0.3) is 11.1 Å². The minimum absolute atomic E-state index is 0. The molecule has 0 unspecified atom stereocenters. The maximum absolute atomic E-state index is 6.78. The van der Waals surface area contributed by atoms with Gasteiger partial charge in [0.2, 0.25) is 0 Å². The molecule has 308 valence electrons. The van der Waals surface area contributed by atoms with Crippen LogP contribution in [0.1, 0.15) is 87.3 Å². The van der Waals surface area contributed by atoms with Gasteiger partial charge in [-0.25, -0.2) is 4.98 Å². The first kappa shape index (κ1) is 43.5. The number of hydrogen-bond acceptors (Lipinski definition) is 5. The fourth-order valence-electron chi connectivity index (χ4n) is 7.49. The molecule has 0 atom stereocenters. The zero-order valence-electron chi connectivity index (χ0n) is 36.4. The van der Waals surface area contributed by atoms with Crippen LogP contribution in [-0.2, 0) is 31.9 Å². The van der Waals surface area contributed by atoms with E-state index < -0.39 is 0 Å². The average molecular weight is 961 g/mol. The number of para-hydroxylation sites is 1. The van der Waals surface area contributed by atoms with Crippen molar-refractivity contribution < 1.29 is 25.8 Å². The standard InChI is InChI=1S/C53H57N4O.Pt/c1-37(2)49-50(53(9,10)11)56(45-32-40(51(3,4)5)31-41(33-45)52(6,7)8)36-55(49)44-29-39(38-21-14-12-15-22-38)30-47(35-44)58-46-26-20-25-43(34-46)57(42-23-16-13-17-24-42)48-27-18-19-28-54-48;/h12-33,36-37H,1-11H3;/q-3;. The monoisotopic (exact) mass is 960 g/mol. The van der Waals surface area contributed by atoms with Gasteiger partial charge < -0.3 is 19.4 Å². The molecule has 0 amide bonds. The van der Waals surface area contributed by atoms with Crippen molar-refractivity contribution in [2.75, 3.05) is 14.7 Å². The first-order valence-electron chi connectivity index (χ1n) is 20.4. The van der Waals surface area contributed by atoms with Gasteiger partial charge in [0.25, 0.3) is 0 Å². The van der Waals surface area contributed by atoms with E-state index in [4.69, 9.17) is 9.72 Å². The number of benzene rings is 5. The molecule has 0 saturated carbocycles. The SMILES string of the molecule is CC(C)C1=C(C(C)(C)C)N(c2cc(C(C)(C)C)cc(C(C)(C)C)c2)[CH-]N1c1[c-]c(Oc2[c-]c(N(c3ccccc3)c3ccccn3)ccc2)cc(-c2ccccc2)c1.[Pt]. The fourth-order valence-corrected chi connectivity index (χ4v) is 7.49. The van der Waals surface area contributed by atoms with Crippen LogP contribution in [0, 0.1) is 30.1 Å². The predicted octanol–water partition coefficient (Wildman–Crippen LogP) is 14.6. The molecule has 1 aromatic heterocycles. The number of pyridine rings is 1. The minimum atomic E-state index is -0.172. The summed E-state index contributed by atoms with van der Waals surface area (Å²) in [6.07, 6.45) is 1.81. The molecule has 59 heavy (non-hydrogen) atoms. The Labute approximate surface area is 368 Å². The van der Waals surface area contributed by atoms with Gasteiger partial charge in [-0.1, -0.05) is 143 Å². The molecule has 6 aromatic rings. The van der Waals surface area contributed by atoms with E-state index >= 15 is 0 Å². The quantitative estimate of drug-likeness (QED) is 0.135. The molecule has 0 N–H and O–H groups in total. The van der Waals surface area contributed by atoms with Crippen molar-refractivity contribution in [1.29, 1.82) is 0 Å². The van der Waals surface area contributed by atoms with Crippen molar-refractivity contribution >= 4 is 28.6 Å². The van der Waals surface area contributed by atoms with Crippen molar-refractivity contribution in [3.8, 4) is 22.6 Å². The normalized spacial score (nSPS) is 13.5. The molecule has 2 heterocycles. The Morgan fingerprint density at radius 2 is 1.24 bits per heavy atom. The van der Waals surface area contributed by atoms with Gasteiger partial charge in [0.05, 0.1) is 0 Å². The van der Waals surface area contributed by atoms with Crippen LogP contribution in [0.5, 0.6) is 11.5 Å². The third kappa shape index (κ3) is 9.69. The molecular weight excluding hydrogens is 904 g/mol. The first-order chi connectivity index (χ1) is 27.5. The number of anilines is 5. The van der Waals surface area contributed by atoms with Crippen LogP contribution in [0.4, 0.5) is 28.6 Å². The van der Waals surface area contributed by atoms with Crippen molar-refractivity contribution in [1.82, 2.24) is 4.98 Å². The molecule has 0 saturated heterocycles. The van der Waals surface area contributed by atoms with E-state index in [1.54, 1.807) is 0 Å². The number of nitrogens with zero attached hydrogens (tertiary/aromatic N) is 4. The van der Waals surface area contributed by atoms with Crippen LogP contribution in [0.3, 0.4) is 0 Å². The van der Waals surface area contributed by atoms with Gasteiger partial charge in [0, 0.05) is 66.9 Å². The Kier molecular flexibility index (Phi) is 12.7. The molecule has 1 aliphatic heterocycles. The molecule has 1 aliphatic rings. The van der Waals surface area contributed by atoms with E-state index in [2.05, 4.69) is 182 Å². The maximum atomic E-state index is 6.78. The van der Waals surface area contributed by atoms with Crippen LogP contribution in [0.15, 0.2) is 145 Å². The van der Waals surface area contributed by atoms with Crippen LogP contribution in [0.2, 0.25) is 0 Å². The molecule has 5 aromatic carbocycles. The molecule has 0 fully saturated rings. The van der Waals surface area contributed by atoms with Crippen LogP contribution < -0.4 is 19.4 Å². The molecule has 5 nitrogen and oxygen atoms in total. The topological polar surface area (TPSA) is 31.8 Å². The van der Waals surface area contributed by atoms with Crippen LogP contribution >= 0.6 is 0 Å².